The van der Waals surface area contributed by atoms with E-state index in [4.69, 9.17) is 9.47 Å². The number of para-hydroxylation sites is 1. The van der Waals surface area contributed by atoms with Crippen LogP contribution in [0.5, 0.6) is 0 Å². The van der Waals surface area contributed by atoms with E-state index >= 15 is 0 Å². The summed E-state index contributed by atoms with van der Waals surface area (Å²) in [4.78, 5) is 16.8. The van der Waals surface area contributed by atoms with Gasteiger partial charge in [-0.1, -0.05) is 32.0 Å². The Balaban J connectivity index is 1.46. The van der Waals surface area contributed by atoms with Crippen LogP contribution in [0.15, 0.2) is 35.9 Å². The van der Waals surface area contributed by atoms with E-state index in [9.17, 15) is 15.0 Å². The first kappa shape index (κ1) is 20.4. The Morgan fingerprint density at radius 3 is 2.67 bits per heavy atom. The molecule has 0 amide bonds. The molecule has 2 bridgehead atoms. The number of aliphatic hydroxyl groups excluding tert-OH is 1. The molecule has 2 aromatic rings. The maximum absolute atomic E-state index is 13.1. The predicted octanol–water partition coefficient (Wildman–Crippen LogP) is 3.29. The average Bonchev–Trinajstić information content (AvgIpc) is 3.34. The first-order valence-corrected chi connectivity index (χ1v) is 12.1. The Bertz CT molecular complexity index is 1280. The highest BCUT2D eigenvalue weighted by Gasteiger charge is 2.77. The van der Waals surface area contributed by atoms with Gasteiger partial charge in [0.15, 0.2) is 17.7 Å². The van der Waals surface area contributed by atoms with Crippen LogP contribution in [0.3, 0.4) is 0 Å². The van der Waals surface area contributed by atoms with Crippen molar-refractivity contribution in [1.29, 1.82) is 0 Å². The van der Waals surface area contributed by atoms with E-state index in [0.717, 1.165) is 17.6 Å². The number of aromatic amines is 1. The van der Waals surface area contributed by atoms with Crippen molar-refractivity contribution >= 4 is 16.7 Å². The van der Waals surface area contributed by atoms with Gasteiger partial charge in [-0.05, 0) is 56.7 Å². The minimum atomic E-state index is -1.64. The molecular formula is C27H31NO5. The summed E-state index contributed by atoms with van der Waals surface area (Å²) in [6, 6.07) is 8.34. The number of carbonyl (C=O) groups excluding carboxylic acids is 1. The first-order chi connectivity index (χ1) is 15.5. The van der Waals surface area contributed by atoms with Gasteiger partial charge >= 0.3 is 0 Å². The lowest BCUT2D eigenvalue weighted by atomic mass is 9.41. The number of ether oxygens (including phenoxy) is 2. The minimum absolute atomic E-state index is 0.187. The van der Waals surface area contributed by atoms with E-state index in [-0.39, 0.29) is 11.7 Å². The van der Waals surface area contributed by atoms with Crippen molar-refractivity contribution in [2.24, 2.45) is 11.3 Å². The SMILES string of the molecule is CC1(C)OC23CCC4(C)[C@@]5(C)c6[nH]c7ccccc7c6C[C@@H]5C[C@H](O)[C@@]4(O)C2=CC(=O)C1O3. The van der Waals surface area contributed by atoms with Crippen LogP contribution in [0, 0.1) is 11.3 Å². The summed E-state index contributed by atoms with van der Waals surface area (Å²) >= 11 is 0. The normalized spacial score (nSPS) is 47.0. The lowest BCUT2D eigenvalue weighted by Gasteiger charge is -2.66. The molecule has 7 rings (SSSR count). The molecule has 2 aliphatic heterocycles. The van der Waals surface area contributed by atoms with Gasteiger partial charge in [-0.2, -0.15) is 0 Å². The Morgan fingerprint density at radius 2 is 1.88 bits per heavy atom. The third-order valence-electron chi connectivity index (χ3n) is 10.3. The Morgan fingerprint density at radius 1 is 1.12 bits per heavy atom. The second-order valence-corrected chi connectivity index (χ2v) is 11.9. The minimum Gasteiger partial charge on any atom is -0.390 e. The van der Waals surface area contributed by atoms with E-state index in [1.54, 1.807) is 0 Å². The molecule has 6 nitrogen and oxygen atoms in total. The summed E-state index contributed by atoms with van der Waals surface area (Å²) in [5.74, 6) is -1.17. The molecule has 7 atom stereocenters. The molecule has 3 fully saturated rings. The third kappa shape index (κ3) is 1.98. The molecular weight excluding hydrogens is 418 g/mol. The topological polar surface area (TPSA) is 91.8 Å². The Kier molecular flexibility index (Phi) is 3.48. The van der Waals surface area contributed by atoms with Crippen LogP contribution in [0.1, 0.15) is 58.2 Å². The van der Waals surface area contributed by atoms with Gasteiger partial charge in [0.2, 0.25) is 0 Å². The summed E-state index contributed by atoms with van der Waals surface area (Å²) in [5, 5.41) is 25.4. The van der Waals surface area contributed by atoms with Crippen LogP contribution in [-0.4, -0.2) is 50.2 Å². The van der Waals surface area contributed by atoms with Crippen molar-refractivity contribution in [3.63, 3.8) is 0 Å². The monoisotopic (exact) mass is 449 g/mol. The second-order valence-electron chi connectivity index (χ2n) is 11.9. The number of carbonyl (C=O) groups is 1. The molecule has 1 aromatic heterocycles. The first-order valence-electron chi connectivity index (χ1n) is 12.1. The van der Waals surface area contributed by atoms with Crippen LogP contribution in [0.4, 0.5) is 0 Å². The maximum atomic E-state index is 13.1. The largest absolute Gasteiger partial charge is 0.390 e. The molecule has 0 radical (unpaired) electrons. The highest BCUT2D eigenvalue weighted by atomic mass is 16.8. The number of hydrogen-bond donors (Lipinski definition) is 3. The fraction of sp³-hybridized carbons (Fsp3) is 0.593. The van der Waals surface area contributed by atoms with Gasteiger partial charge < -0.3 is 24.7 Å². The number of aliphatic hydroxyl groups is 2. The Hall–Kier alpha value is -1.99. The molecule has 3 heterocycles. The van der Waals surface area contributed by atoms with E-state index in [2.05, 4.69) is 37.0 Å². The van der Waals surface area contributed by atoms with Crippen molar-refractivity contribution in [2.45, 2.75) is 88.0 Å². The second kappa shape index (κ2) is 5.62. The zero-order chi connectivity index (χ0) is 23.2. The summed E-state index contributed by atoms with van der Waals surface area (Å²) < 4.78 is 12.7. The van der Waals surface area contributed by atoms with Gasteiger partial charge in [0.05, 0.1) is 6.10 Å². The molecule has 33 heavy (non-hydrogen) atoms. The van der Waals surface area contributed by atoms with Crippen LogP contribution in [0.2, 0.25) is 0 Å². The van der Waals surface area contributed by atoms with Gasteiger partial charge in [-0.3, -0.25) is 4.79 Å². The van der Waals surface area contributed by atoms with E-state index < -0.39 is 40.0 Å². The van der Waals surface area contributed by atoms with Gasteiger partial charge in [0.25, 0.3) is 0 Å². The number of hydrogen-bond acceptors (Lipinski definition) is 5. The summed E-state index contributed by atoms with van der Waals surface area (Å²) in [6.07, 6.45) is 2.29. The number of ketones is 1. The maximum Gasteiger partial charge on any atom is 0.195 e. The standard InChI is InChI=1S/C27H31NO5/c1-23(2)22-18(29)13-19-26(32-22,33-23)10-9-24(3)25(4)14(12-20(30)27(19,24)31)11-16-15-7-5-6-8-17(15)28-21(16)25/h5-8,13-14,20,22,28,30-31H,9-12H2,1-4H3/t14-,20+,22?,24?,25-,26?,27+/m1/s1. The molecule has 1 saturated heterocycles. The van der Waals surface area contributed by atoms with E-state index in [0.29, 0.717) is 24.8 Å². The molecule has 174 valence electrons. The highest BCUT2D eigenvalue weighted by Crippen LogP contribution is 2.71. The van der Waals surface area contributed by atoms with Crippen molar-refractivity contribution in [2.75, 3.05) is 0 Å². The molecule has 3 N–H and O–H groups in total. The molecule has 2 saturated carbocycles. The number of aromatic nitrogens is 1. The Labute approximate surface area is 193 Å². The molecule has 5 aliphatic rings. The third-order valence-corrected chi connectivity index (χ3v) is 10.3. The van der Waals surface area contributed by atoms with Crippen LogP contribution < -0.4 is 0 Å². The summed E-state index contributed by atoms with van der Waals surface area (Å²) in [6.45, 7) is 8.05. The predicted molar refractivity (Wildman–Crippen MR) is 122 cm³/mol. The molecule has 1 spiro atoms. The summed E-state index contributed by atoms with van der Waals surface area (Å²) in [5.41, 5.74) is 0.397. The van der Waals surface area contributed by atoms with Gasteiger partial charge in [0.1, 0.15) is 11.2 Å². The number of fused-ring (bicyclic) bond motifs is 9. The van der Waals surface area contributed by atoms with Gasteiger partial charge in [0, 0.05) is 39.4 Å². The smallest absolute Gasteiger partial charge is 0.195 e. The van der Waals surface area contributed by atoms with Crippen molar-refractivity contribution in [3.05, 3.63) is 47.2 Å². The number of rotatable bonds is 0. The van der Waals surface area contributed by atoms with E-state index in [1.807, 2.05) is 19.9 Å². The number of H-pyrrole nitrogens is 1. The molecule has 3 aliphatic carbocycles. The molecule has 3 unspecified atom stereocenters. The van der Waals surface area contributed by atoms with Crippen LogP contribution in [-0.2, 0) is 26.1 Å². The fourth-order valence-electron chi connectivity index (χ4n) is 8.43. The lowest BCUT2D eigenvalue weighted by Crippen LogP contribution is -2.74. The fourth-order valence-corrected chi connectivity index (χ4v) is 8.43. The van der Waals surface area contributed by atoms with Crippen LogP contribution >= 0.6 is 0 Å². The summed E-state index contributed by atoms with van der Waals surface area (Å²) in [7, 11) is 0. The van der Waals surface area contributed by atoms with Crippen molar-refractivity contribution < 1.29 is 24.5 Å². The zero-order valence-corrected chi connectivity index (χ0v) is 19.6. The van der Waals surface area contributed by atoms with Gasteiger partial charge in [-0.25, -0.2) is 0 Å². The lowest BCUT2D eigenvalue weighted by molar-refractivity contribution is -0.274. The number of nitrogens with one attached hydrogen (secondary N) is 1. The highest BCUT2D eigenvalue weighted by molar-refractivity contribution is 5.97. The number of benzene rings is 1. The van der Waals surface area contributed by atoms with Crippen LogP contribution in [0.25, 0.3) is 10.9 Å². The van der Waals surface area contributed by atoms with Gasteiger partial charge in [-0.15, -0.1) is 0 Å². The average molecular weight is 450 g/mol. The zero-order valence-electron chi connectivity index (χ0n) is 19.6. The van der Waals surface area contributed by atoms with Crippen molar-refractivity contribution in [3.8, 4) is 0 Å². The molecule has 1 aromatic carbocycles. The van der Waals surface area contributed by atoms with Crippen molar-refractivity contribution in [1.82, 2.24) is 4.98 Å². The molecule has 6 heteroatoms. The van der Waals surface area contributed by atoms with E-state index in [1.165, 1.54) is 17.0 Å². The quantitative estimate of drug-likeness (QED) is 0.574.